The van der Waals surface area contributed by atoms with Crippen LogP contribution in [0.25, 0.3) is 0 Å². The lowest BCUT2D eigenvalue weighted by Crippen LogP contribution is -2.42. The highest BCUT2D eigenvalue weighted by Crippen LogP contribution is 2.46. The topological polar surface area (TPSA) is 72.4 Å². The summed E-state index contributed by atoms with van der Waals surface area (Å²) < 4.78 is 33.9. The van der Waals surface area contributed by atoms with Gasteiger partial charge in [-0.05, 0) is 31.9 Å². The molecular weight excluding hydrogens is 326 g/mol. The summed E-state index contributed by atoms with van der Waals surface area (Å²) >= 11 is 0. The second-order valence-corrected chi connectivity index (χ2v) is 7.90. The maximum Gasteiger partial charge on any atom is 0.247 e. The molecule has 1 saturated heterocycles. The van der Waals surface area contributed by atoms with Gasteiger partial charge in [-0.15, -0.1) is 0 Å². The quantitative estimate of drug-likeness (QED) is 0.850. The lowest BCUT2D eigenvalue weighted by Gasteiger charge is -2.34. The van der Waals surface area contributed by atoms with Gasteiger partial charge in [0.1, 0.15) is 17.0 Å². The zero-order chi connectivity index (χ0) is 16.7. The molecule has 2 aliphatic heterocycles. The van der Waals surface area contributed by atoms with Crippen molar-refractivity contribution >= 4 is 10.0 Å². The number of benzene rings is 1. The zero-order valence-corrected chi connectivity index (χ0v) is 14.2. The van der Waals surface area contributed by atoms with Gasteiger partial charge in [0.2, 0.25) is 10.0 Å². The predicted octanol–water partition coefficient (Wildman–Crippen LogP) is 2.33. The van der Waals surface area contributed by atoms with Crippen LogP contribution in [0.2, 0.25) is 0 Å². The van der Waals surface area contributed by atoms with Gasteiger partial charge in [0.05, 0.1) is 18.3 Å². The number of aromatic nitrogens is 2. The molecule has 7 heteroatoms. The van der Waals surface area contributed by atoms with Crippen molar-refractivity contribution < 1.29 is 13.2 Å². The largest absolute Gasteiger partial charge is 0.492 e. The van der Waals surface area contributed by atoms with Crippen LogP contribution in [-0.2, 0) is 16.4 Å². The fourth-order valence-corrected chi connectivity index (χ4v) is 5.78. The van der Waals surface area contributed by atoms with Crippen molar-refractivity contribution in [3.8, 4) is 5.75 Å². The first-order valence-electron chi connectivity index (χ1n) is 8.17. The predicted molar refractivity (Wildman–Crippen MR) is 88.1 cm³/mol. The van der Waals surface area contributed by atoms with E-state index in [1.165, 1.54) is 6.33 Å². The highest BCUT2D eigenvalue weighted by atomic mass is 32.2. The van der Waals surface area contributed by atoms with Gasteiger partial charge in [-0.1, -0.05) is 12.1 Å². The van der Waals surface area contributed by atoms with Gasteiger partial charge in [0.25, 0.3) is 0 Å². The van der Waals surface area contributed by atoms with E-state index in [0.29, 0.717) is 18.8 Å². The number of fused-ring (bicyclic) bond motifs is 4. The molecule has 2 bridgehead atoms. The third kappa shape index (κ3) is 2.31. The van der Waals surface area contributed by atoms with Gasteiger partial charge in [-0.3, -0.25) is 0 Å². The van der Waals surface area contributed by atoms with Crippen LogP contribution in [0, 0.1) is 0 Å². The van der Waals surface area contributed by atoms with Crippen LogP contribution in [0.15, 0.2) is 41.7 Å². The Morgan fingerprint density at radius 3 is 2.96 bits per heavy atom. The summed E-state index contributed by atoms with van der Waals surface area (Å²) in [7, 11) is -3.64. The van der Waals surface area contributed by atoms with Crippen LogP contribution in [0.3, 0.4) is 0 Å². The van der Waals surface area contributed by atoms with Crippen LogP contribution >= 0.6 is 0 Å². The minimum atomic E-state index is -3.64. The van der Waals surface area contributed by atoms with Crippen LogP contribution in [-0.4, -0.2) is 35.3 Å². The highest BCUT2D eigenvalue weighted by Gasteiger charge is 2.48. The molecule has 0 N–H and O–H groups in total. The van der Waals surface area contributed by atoms with Crippen LogP contribution in [0.4, 0.5) is 0 Å². The molecular formula is C17H19N3O3S. The molecule has 0 saturated carbocycles. The maximum absolute atomic E-state index is 13.4. The summed E-state index contributed by atoms with van der Waals surface area (Å²) in [5, 5.41) is 0. The summed E-state index contributed by atoms with van der Waals surface area (Å²) in [4.78, 5) is 8.67. The highest BCUT2D eigenvalue weighted by molar-refractivity contribution is 7.89. The number of para-hydroxylation sites is 1. The Morgan fingerprint density at radius 2 is 2.12 bits per heavy atom. The van der Waals surface area contributed by atoms with E-state index in [2.05, 4.69) is 9.97 Å². The molecule has 1 aromatic carbocycles. The standard InChI is InChI=1S/C17H19N3O3S/c1-2-23-16-5-3-4-6-17(16)24(21,22)20-12-7-8-15(20)13-10-18-11-19-14(13)9-12/h3-6,10-12,15H,2,7-9H2,1H3. The molecule has 6 nitrogen and oxygen atoms in total. The Balaban J connectivity index is 1.79. The van der Waals surface area contributed by atoms with Crippen molar-refractivity contribution in [3.63, 3.8) is 0 Å². The maximum atomic E-state index is 13.4. The summed E-state index contributed by atoms with van der Waals surface area (Å²) in [6.07, 6.45) is 5.58. The Bertz CT molecular complexity index is 869. The number of ether oxygens (including phenoxy) is 1. The number of hydrogen-bond donors (Lipinski definition) is 0. The van der Waals surface area contributed by atoms with E-state index in [1.54, 1.807) is 34.8 Å². The van der Waals surface area contributed by atoms with Crippen molar-refractivity contribution in [1.82, 2.24) is 14.3 Å². The lowest BCUT2D eigenvalue weighted by atomic mass is 10.0. The van der Waals surface area contributed by atoms with E-state index in [0.717, 1.165) is 24.1 Å². The van der Waals surface area contributed by atoms with E-state index >= 15 is 0 Å². The Morgan fingerprint density at radius 1 is 1.29 bits per heavy atom. The lowest BCUT2D eigenvalue weighted by molar-refractivity contribution is 0.295. The van der Waals surface area contributed by atoms with Crippen molar-refractivity contribution in [1.29, 1.82) is 0 Å². The van der Waals surface area contributed by atoms with Crippen LogP contribution in [0.5, 0.6) is 5.75 Å². The van der Waals surface area contributed by atoms with Crippen LogP contribution in [0.1, 0.15) is 37.1 Å². The molecule has 4 rings (SSSR count). The van der Waals surface area contributed by atoms with E-state index < -0.39 is 10.0 Å². The van der Waals surface area contributed by atoms with E-state index in [4.69, 9.17) is 4.74 Å². The Labute approximate surface area is 141 Å². The molecule has 2 unspecified atom stereocenters. The molecule has 0 aliphatic carbocycles. The van der Waals surface area contributed by atoms with Gasteiger partial charge in [-0.25, -0.2) is 18.4 Å². The van der Waals surface area contributed by atoms with Gasteiger partial charge in [-0.2, -0.15) is 4.31 Å². The molecule has 0 amide bonds. The minimum absolute atomic E-state index is 0.0444. The molecule has 2 aromatic rings. The van der Waals surface area contributed by atoms with Gasteiger partial charge in [0.15, 0.2) is 0 Å². The number of hydrogen-bond acceptors (Lipinski definition) is 5. The molecule has 0 radical (unpaired) electrons. The van der Waals surface area contributed by atoms with E-state index in [1.807, 2.05) is 6.92 Å². The first-order chi connectivity index (χ1) is 11.6. The Hall–Kier alpha value is -1.99. The smallest absolute Gasteiger partial charge is 0.247 e. The molecule has 126 valence electrons. The molecule has 3 heterocycles. The summed E-state index contributed by atoms with van der Waals surface area (Å²) in [6.45, 7) is 2.28. The second kappa shape index (κ2) is 5.82. The monoisotopic (exact) mass is 345 g/mol. The fourth-order valence-electron chi connectivity index (χ4n) is 3.80. The van der Waals surface area contributed by atoms with Crippen molar-refractivity contribution in [3.05, 3.63) is 48.0 Å². The fraction of sp³-hybridized carbons (Fsp3) is 0.412. The average molecular weight is 345 g/mol. The summed E-state index contributed by atoms with van der Waals surface area (Å²) in [6, 6.07) is 6.63. The van der Waals surface area contributed by atoms with Crippen molar-refractivity contribution in [2.75, 3.05) is 6.61 Å². The number of sulfonamides is 1. The van der Waals surface area contributed by atoms with Gasteiger partial charge >= 0.3 is 0 Å². The van der Waals surface area contributed by atoms with Crippen LogP contribution < -0.4 is 4.74 Å². The van der Waals surface area contributed by atoms with Crippen molar-refractivity contribution in [2.24, 2.45) is 0 Å². The first kappa shape index (κ1) is 15.5. The van der Waals surface area contributed by atoms with E-state index in [9.17, 15) is 8.42 Å². The number of rotatable bonds is 4. The normalized spacial score (nSPS) is 23.0. The molecule has 24 heavy (non-hydrogen) atoms. The summed E-state index contributed by atoms with van der Waals surface area (Å²) in [5.41, 5.74) is 1.91. The first-order valence-corrected chi connectivity index (χ1v) is 9.61. The molecule has 2 atom stereocenters. The summed E-state index contributed by atoms with van der Waals surface area (Å²) in [5.74, 6) is 0.412. The van der Waals surface area contributed by atoms with Gasteiger partial charge in [0, 0.05) is 24.2 Å². The van der Waals surface area contributed by atoms with E-state index in [-0.39, 0.29) is 17.0 Å². The van der Waals surface area contributed by atoms with Crippen molar-refractivity contribution in [2.45, 2.75) is 43.2 Å². The SMILES string of the molecule is CCOc1ccccc1S(=O)(=O)N1C2CCC1c1cncnc1C2. The minimum Gasteiger partial charge on any atom is -0.492 e. The zero-order valence-electron chi connectivity index (χ0n) is 13.4. The molecule has 0 spiro atoms. The molecule has 1 aromatic heterocycles. The average Bonchev–Trinajstić information content (AvgIpc) is 2.92. The third-order valence-corrected chi connectivity index (χ3v) is 6.76. The second-order valence-electron chi connectivity index (χ2n) is 6.09. The molecule has 2 aliphatic rings. The van der Waals surface area contributed by atoms with Gasteiger partial charge < -0.3 is 4.74 Å². The Kier molecular flexibility index (Phi) is 3.77. The molecule has 1 fully saturated rings. The number of nitrogens with zero attached hydrogens (tertiary/aromatic N) is 3. The third-order valence-electron chi connectivity index (χ3n) is 4.76.